The standard InChI is InChI=1S/C16H15FN6O2/c1-8-4-10(21-12-5-11(18)19-7-20-12)15(25)23-13(8)14(24)22-16(23)3-2-9(17)6-16/h4-7H,2-3H2,1H3,(H,22,24)(H3,18,19,20,21). The van der Waals surface area contributed by atoms with Crippen LogP contribution in [0.3, 0.4) is 0 Å². The molecule has 0 aromatic carbocycles. The van der Waals surface area contributed by atoms with Crippen molar-refractivity contribution < 1.29 is 9.18 Å². The lowest BCUT2D eigenvalue weighted by atomic mass is 10.1. The first-order chi connectivity index (χ1) is 11.9. The maximum Gasteiger partial charge on any atom is 0.277 e. The number of hydrogen-bond acceptors (Lipinski definition) is 6. The van der Waals surface area contributed by atoms with Crippen molar-refractivity contribution in [3.05, 3.63) is 52.0 Å². The van der Waals surface area contributed by atoms with Gasteiger partial charge < -0.3 is 16.4 Å². The van der Waals surface area contributed by atoms with Crippen molar-refractivity contribution in [3.8, 4) is 0 Å². The van der Waals surface area contributed by atoms with Crippen LogP contribution in [-0.4, -0.2) is 20.4 Å². The van der Waals surface area contributed by atoms with E-state index in [-0.39, 0.29) is 29.4 Å². The minimum atomic E-state index is -1.15. The van der Waals surface area contributed by atoms with E-state index in [1.807, 2.05) is 0 Å². The largest absolute Gasteiger partial charge is 0.384 e. The van der Waals surface area contributed by atoms with Crippen LogP contribution in [0.1, 0.15) is 28.9 Å². The van der Waals surface area contributed by atoms with Crippen molar-refractivity contribution >= 4 is 23.2 Å². The van der Waals surface area contributed by atoms with Gasteiger partial charge in [-0.3, -0.25) is 14.2 Å². The first-order valence-electron chi connectivity index (χ1n) is 7.71. The number of aromatic nitrogens is 3. The predicted octanol–water partition coefficient (Wildman–Crippen LogP) is 1.32. The van der Waals surface area contributed by atoms with Crippen LogP contribution in [0.4, 0.5) is 21.7 Å². The summed E-state index contributed by atoms with van der Waals surface area (Å²) < 4.78 is 15.0. The van der Waals surface area contributed by atoms with Crippen molar-refractivity contribution in [1.82, 2.24) is 19.9 Å². The summed E-state index contributed by atoms with van der Waals surface area (Å²) in [6, 6.07) is 3.06. The van der Waals surface area contributed by atoms with Crippen LogP contribution in [0, 0.1) is 6.92 Å². The van der Waals surface area contributed by atoms with Crippen molar-refractivity contribution in [2.45, 2.75) is 25.4 Å². The number of hydrogen-bond donors (Lipinski definition) is 3. The second-order valence-electron chi connectivity index (χ2n) is 6.15. The van der Waals surface area contributed by atoms with E-state index in [0.29, 0.717) is 17.8 Å². The first kappa shape index (κ1) is 15.3. The summed E-state index contributed by atoms with van der Waals surface area (Å²) in [4.78, 5) is 33.1. The van der Waals surface area contributed by atoms with Crippen LogP contribution in [0.15, 0.2) is 35.2 Å². The lowest BCUT2D eigenvalue weighted by Crippen LogP contribution is -2.44. The molecular weight excluding hydrogens is 327 g/mol. The number of rotatable bonds is 2. The van der Waals surface area contributed by atoms with Gasteiger partial charge in [-0.25, -0.2) is 14.4 Å². The number of nitrogens with zero attached hydrogens (tertiary/aromatic N) is 3. The van der Waals surface area contributed by atoms with Gasteiger partial charge in [0.25, 0.3) is 11.5 Å². The van der Waals surface area contributed by atoms with E-state index in [1.165, 1.54) is 23.0 Å². The van der Waals surface area contributed by atoms with Crippen LogP contribution in [0.25, 0.3) is 0 Å². The highest BCUT2D eigenvalue weighted by Crippen LogP contribution is 2.37. The van der Waals surface area contributed by atoms with E-state index in [0.717, 1.165) is 0 Å². The van der Waals surface area contributed by atoms with Crippen LogP contribution < -0.4 is 21.9 Å². The fourth-order valence-electron chi connectivity index (χ4n) is 3.37. The molecule has 1 amide bonds. The van der Waals surface area contributed by atoms with Gasteiger partial charge in [0.2, 0.25) is 0 Å². The number of nitrogens with one attached hydrogen (secondary N) is 2. The van der Waals surface area contributed by atoms with Gasteiger partial charge in [-0.05, 0) is 31.1 Å². The number of anilines is 3. The van der Waals surface area contributed by atoms with E-state index < -0.39 is 17.1 Å². The molecule has 9 heteroatoms. The molecule has 1 aliphatic carbocycles. The van der Waals surface area contributed by atoms with E-state index in [4.69, 9.17) is 5.73 Å². The second-order valence-corrected chi connectivity index (χ2v) is 6.15. The molecule has 0 fully saturated rings. The van der Waals surface area contributed by atoms with Crippen LogP contribution in [0.2, 0.25) is 0 Å². The Morgan fingerprint density at radius 1 is 1.36 bits per heavy atom. The maximum atomic E-state index is 13.7. The monoisotopic (exact) mass is 342 g/mol. The normalized spacial score (nSPS) is 21.2. The number of fused-ring (bicyclic) bond motifs is 2. The average molecular weight is 342 g/mol. The van der Waals surface area contributed by atoms with E-state index in [2.05, 4.69) is 20.6 Å². The number of carbonyl (C=O) groups is 1. The number of halogens is 1. The maximum absolute atomic E-state index is 13.7. The topological polar surface area (TPSA) is 115 Å². The molecule has 4 rings (SSSR count). The molecule has 0 saturated heterocycles. The molecule has 128 valence electrons. The van der Waals surface area contributed by atoms with Crippen molar-refractivity contribution in [3.63, 3.8) is 0 Å². The summed E-state index contributed by atoms with van der Waals surface area (Å²) in [7, 11) is 0. The molecule has 8 nitrogen and oxygen atoms in total. The average Bonchev–Trinajstić information content (AvgIpc) is 3.05. The zero-order valence-electron chi connectivity index (χ0n) is 13.3. The molecule has 1 atom stereocenters. The first-order valence-corrected chi connectivity index (χ1v) is 7.71. The number of amides is 1. The lowest BCUT2D eigenvalue weighted by molar-refractivity contribution is 0.0937. The minimum Gasteiger partial charge on any atom is -0.384 e. The van der Waals surface area contributed by atoms with Gasteiger partial charge in [0, 0.05) is 12.5 Å². The van der Waals surface area contributed by atoms with Gasteiger partial charge >= 0.3 is 0 Å². The lowest BCUT2D eigenvalue weighted by Gasteiger charge is -2.24. The molecule has 2 aromatic rings. The highest BCUT2D eigenvalue weighted by Gasteiger charge is 2.46. The smallest absolute Gasteiger partial charge is 0.277 e. The Hall–Kier alpha value is -3.23. The van der Waals surface area contributed by atoms with Gasteiger partial charge in [0.1, 0.15) is 40.8 Å². The number of nitrogens with two attached hydrogens (primary N) is 1. The van der Waals surface area contributed by atoms with Gasteiger partial charge in [0.05, 0.1) is 0 Å². The van der Waals surface area contributed by atoms with Gasteiger partial charge in [-0.15, -0.1) is 0 Å². The van der Waals surface area contributed by atoms with Gasteiger partial charge in [-0.2, -0.15) is 0 Å². The Morgan fingerprint density at radius 3 is 2.84 bits per heavy atom. The zero-order chi connectivity index (χ0) is 17.8. The van der Waals surface area contributed by atoms with Crippen molar-refractivity contribution in [2.75, 3.05) is 11.1 Å². The Morgan fingerprint density at radius 2 is 2.16 bits per heavy atom. The van der Waals surface area contributed by atoms with E-state index >= 15 is 0 Å². The Kier molecular flexibility index (Phi) is 3.14. The fourth-order valence-corrected chi connectivity index (χ4v) is 3.37. The Labute approximate surface area is 141 Å². The van der Waals surface area contributed by atoms with Crippen LogP contribution in [0.5, 0.6) is 0 Å². The van der Waals surface area contributed by atoms with Crippen molar-refractivity contribution in [1.29, 1.82) is 0 Å². The summed E-state index contributed by atoms with van der Waals surface area (Å²) in [6.07, 6.45) is 3.04. The molecule has 2 aromatic heterocycles. The third-order valence-corrected chi connectivity index (χ3v) is 4.43. The minimum absolute atomic E-state index is 0.172. The fraction of sp³-hybridized carbons (Fsp3) is 0.250. The molecule has 0 radical (unpaired) electrons. The molecule has 0 saturated carbocycles. The molecule has 2 aliphatic rings. The third-order valence-electron chi connectivity index (χ3n) is 4.43. The molecule has 4 N–H and O–H groups in total. The highest BCUT2D eigenvalue weighted by molar-refractivity contribution is 5.97. The Bertz CT molecular complexity index is 999. The SMILES string of the molecule is Cc1cc(Nc2cc(N)ncn2)c(=O)n2c1C(=O)NC21C=C(F)CC1. The molecule has 1 unspecified atom stereocenters. The molecule has 25 heavy (non-hydrogen) atoms. The summed E-state index contributed by atoms with van der Waals surface area (Å²) in [6.45, 7) is 1.72. The number of pyridine rings is 1. The number of nitrogen functional groups attached to an aromatic ring is 1. The van der Waals surface area contributed by atoms with Gasteiger partial charge in [0.15, 0.2) is 0 Å². The number of allylic oxidation sites excluding steroid dienone is 1. The Balaban J connectivity index is 1.88. The van der Waals surface area contributed by atoms with Crippen molar-refractivity contribution in [2.24, 2.45) is 0 Å². The molecular formula is C16H15FN6O2. The van der Waals surface area contributed by atoms with Gasteiger partial charge in [-0.1, -0.05) is 0 Å². The van der Waals surface area contributed by atoms with Crippen LogP contribution in [-0.2, 0) is 5.66 Å². The van der Waals surface area contributed by atoms with Crippen LogP contribution >= 0.6 is 0 Å². The third kappa shape index (κ3) is 2.27. The summed E-state index contributed by atoms with van der Waals surface area (Å²) in [5.74, 6) is -0.133. The molecule has 0 bridgehead atoms. The summed E-state index contributed by atoms with van der Waals surface area (Å²) in [5.41, 5.74) is 5.08. The summed E-state index contributed by atoms with van der Waals surface area (Å²) >= 11 is 0. The molecule has 3 heterocycles. The molecule has 1 spiro atoms. The number of aryl methyl sites for hydroxylation is 1. The number of carbonyl (C=O) groups excluding carboxylic acids is 1. The zero-order valence-corrected chi connectivity index (χ0v) is 13.3. The van der Waals surface area contributed by atoms with E-state index in [9.17, 15) is 14.0 Å². The predicted molar refractivity (Wildman–Crippen MR) is 89.0 cm³/mol. The van der Waals surface area contributed by atoms with E-state index in [1.54, 1.807) is 13.0 Å². The quantitative estimate of drug-likeness (QED) is 0.758. The highest BCUT2D eigenvalue weighted by atomic mass is 19.1. The summed E-state index contributed by atoms with van der Waals surface area (Å²) in [5, 5.41) is 5.64. The molecule has 1 aliphatic heterocycles. The second kappa shape index (κ2) is 5.13.